The van der Waals surface area contributed by atoms with Gasteiger partial charge in [-0.05, 0) is 32.7 Å². The van der Waals surface area contributed by atoms with Gasteiger partial charge in [0.15, 0.2) is 0 Å². The summed E-state index contributed by atoms with van der Waals surface area (Å²) in [6.45, 7) is 0.442. The fourth-order valence-corrected chi connectivity index (χ4v) is 4.16. The van der Waals surface area contributed by atoms with Crippen LogP contribution in [0.3, 0.4) is 0 Å². The third kappa shape index (κ3) is 2.80. The van der Waals surface area contributed by atoms with E-state index in [0.717, 1.165) is 25.7 Å². The first kappa shape index (κ1) is 14.8. The van der Waals surface area contributed by atoms with Crippen LogP contribution in [0.5, 0.6) is 0 Å². The van der Waals surface area contributed by atoms with E-state index in [1.165, 1.54) is 43.4 Å². The lowest BCUT2D eigenvalue weighted by atomic mass is 9.82. The van der Waals surface area contributed by atoms with Crippen molar-refractivity contribution in [2.45, 2.75) is 75.8 Å². The van der Waals surface area contributed by atoms with Gasteiger partial charge in [0.25, 0.3) is 5.91 Å². The fraction of sp³-hybridized carbons (Fsp3) is 0.875. The minimum atomic E-state index is -0.581. The molecule has 0 unspecified atom stereocenters. The summed E-state index contributed by atoms with van der Waals surface area (Å²) in [6, 6.07) is 0.326. The molecule has 3 fully saturated rings. The highest BCUT2D eigenvalue weighted by atomic mass is 16.2. The van der Waals surface area contributed by atoms with E-state index in [-0.39, 0.29) is 11.9 Å². The number of urea groups is 1. The number of amides is 3. The smallest absolute Gasteiger partial charge is 0.323 e. The molecule has 0 bridgehead atoms. The monoisotopic (exact) mass is 293 g/mol. The summed E-state index contributed by atoms with van der Waals surface area (Å²) in [6.07, 6.45) is 11.1. The normalized spacial score (nSPS) is 26.7. The molecular weight excluding hydrogens is 266 g/mol. The van der Waals surface area contributed by atoms with Crippen LogP contribution in [0.2, 0.25) is 0 Å². The zero-order valence-electron chi connectivity index (χ0n) is 13.1. The number of hydrogen-bond donors (Lipinski definition) is 1. The molecule has 2 aliphatic carbocycles. The van der Waals surface area contributed by atoms with Crippen molar-refractivity contribution in [1.82, 2.24) is 15.1 Å². The molecule has 2 saturated carbocycles. The Morgan fingerprint density at radius 1 is 1.10 bits per heavy atom. The Kier molecular flexibility index (Phi) is 4.20. The molecule has 0 radical (unpaired) electrons. The Morgan fingerprint density at radius 3 is 2.38 bits per heavy atom. The second kappa shape index (κ2) is 5.95. The fourth-order valence-electron chi connectivity index (χ4n) is 4.16. The molecule has 1 spiro atoms. The molecular formula is C16H27N3O2. The molecule has 3 aliphatic rings. The van der Waals surface area contributed by atoms with Crippen molar-refractivity contribution in [3.8, 4) is 0 Å². The lowest BCUT2D eigenvalue weighted by Gasteiger charge is -2.34. The summed E-state index contributed by atoms with van der Waals surface area (Å²) in [7, 11) is 2.04. The van der Waals surface area contributed by atoms with Crippen molar-refractivity contribution >= 4 is 11.9 Å². The highest BCUT2D eigenvalue weighted by Gasteiger charge is 2.51. The Balaban J connectivity index is 1.64. The first-order valence-corrected chi connectivity index (χ1v) is 8.47. The lowest BCUT2D eigenvalue weighted by Crippen LogP contribution is -2.49. The summed E-state index contributed by atoms with van der Waals surface area (Å²) in [5.74, 6) is 0.00913. The predicted octanol–water partition coefficient (Wildman–Crippen LogP) is 2.46. The first-order chi connectivity index (χ1) is 10.1. The summed E-state index contributed by atoms with van der Waals surface area (Å²) >= 11 is 0. The van der Waals surface area contributed by atoms with Crippen molar-refractivity contribution in [1.29, 1.82) is 0 Å². The van der Waals surface area contributed by atoms with Gasteiger partial charge in [0.1, 0.15) is 5.54 Å². The van der Waals surface area contributed by atoms with Crippen LogP contribution in [0.15, 0.2) is 0 Å². The van der Waals surface area contributed by atoms with Crippen LogP contribution in [0.25, 0.3) is 0 Å². The van der Waals surface area contributed by atoms with Crippen LogP contribution in [0, 0.1) is 0 Å². The number of hydrogen-bond acceptors (Lipinski definition) is 3. The molecule has 5 nitrogen and oxygen atoms in total. The Hall–Kier alpha value is -1.10. The zero-order valence-corrected chi connectivity index (χ0v) is 13.1. The Bertz CT molecular complexity index is 412. The second-order valence-electron chi connectivity index (χ2n) is 7.00. The third-order valence-corrected chi connectivity index (χ3v) is 5.52. The minimum Gasteiger partial charge on any atom is -0.323 e. The molecule has 1 N–H and O–H groups in total. The van der Waals surface area contributed by atoms with Gasteiger partial charge in [0.2, 0.25) is 0 Å². The summed E-state index contributed by atoms with van der Waals surface area (Å²) in [5.41, 5.74) is -0.581. The molecule has 0 aromatic rings. The molecule has 3 amide bonds. The molecule has 0 atom stereocenters. The standard InChI is InChI=1S/C16H27N3O2/c1-18(13-8-4-2-5-9-13)12-19-14(20)16(17-15(19)21)10-6-3-7-11-16/h13H,2-12H2,1H3,(H,17,21). The lowest BCUT2D eigenvalue weighted by molar-refractivity contribution is -0.134. The first-order valence-electron chi connectivity index (χ1n) is 8.47. The molecule has 1 saturated heterocycles. The molecule has 118 valence electrons. The minimum absolute atomic E-state index is 0.00913. The maximum Gasteiger partial charge on any atom is 0.326 e. The quantitative estimate of drug-likeness (QED) is 0.813. The molecule has 5 heteroatoms. The van der Waals surface area contributed by atoms with Crippen LogP contribution in [-0.4, -0.2) is 47.0 Å². The zero-order chi connectivity index (χ0) is 14.9. The number of nitrogens with zero attached hydrogens (tertiary/aromatic N) is 2. The van der Waals surface area contributed by atoms with Gasteiger partial charge in [-0.3, -0.25) is 9.69 Å². The van der Waals surface area contributed by atoms with E-state index in [1.54, 1.807) is 0 Å². The van der Waals surface area contributed by atoms with Gasteiger partial charge in [0.05, 0.1) is 6.67 Å². The summed E-state index contributed by atoms with van der Waals surface area (Å²) in [5, 5.41) is 2.99. The molecule has 21 heavy (non-hydrogen) atoms. The third-order valence-electron chi connectivity index (χ3n) is 5.52. The van der Waals surface area contributed by atoms with Gasteiger partial charge in [-0.2, -0.15) is 0 Å². The largest absolute Gasteiger partial charge is 0.326 e. The van der Waals surface area contributed by atoms with Crippen molar-refractivity contribution in [3.05, 3.63) is 0 Å². The van der Waals surface area contributed by atoms with E-state index in [0.29, 0.717) is 12.7 Å². The van der Waals surface area contributed by atoms with Gasteiger partial charge in [-0.1, -0.05) is 38.5 Å². The molecule has 0 aromatic carbocycles. The van der Waals surface area contributed by atoms with Crippen LogP contribution < -0.4 is 5.32 Å². The van der Waals surface area contributed by atoms with Crippen LogP contribution >= 0.6 is 0 Å². The van der Waals surface area contributed by atoms with E-state index >= 15 is 0 Å². The van der Waals surface area contributed by atoms with E-state index in [2.05, 4.69) is 10.2 Å². The number of imide groups is 1. The van der Waals surface area contributed by atoms with E-state index < -0.39 is 5.54 Å². The van der Waals surface area contributed by atoms with Gasteiger partial charge >= 0.3 is 6.03 Å². The second-order valence-corrected chi connectivity index (χ2v) is 7.00. The van der Waals surface area contributed by atoms with Gasteiger partial charge in [-0.15, -0.1) is 0 Å². The number of carbonyl (C=O) groups excluding carboxylic acids is 2. The van der Waals surface area contributed by atoms with Gasteiger partial charge in [0, 0.05) is 6.04 Å². The molecule has 1 aliphatic heterocycles. The van der Waals surface area contributed by atoms with Crippen molar-refractivity contribution < 1.29 is 9.59 Å². The van der Waals surface area contributed by atoms with Crippen LogP contribution in [0.1, 0.15) is 64.2 Å². The molecule has 1 heterocycles. The van der Waals surface area contributed by atoms with Crippen molar-refractivity contribution in [3.63, 3.8) is 0 Å². The van der Waals surface area contributed by atoms with E-state index in [1.807, 2.05) is 7.05 Å². The predicted molar refractivity (Wildman–Crippen MR) is 80.7 cm³/mol. The van der Waals surface area contributed by atoms with E-state index in [4.69, 9.17) is 0 Å². The maximum atomic E-state index is 12.7. The Morgan fingerprint density at radius 2 is 1.71 bits per heavy atom. The van der Waals surface area contributed by atoms with Crippen molar-refractivity contribution in [2.75, 3.05) is 13.7 Å². The number of nitrogens with one attached hydrogen (secondary N) is 1. The molecule has 0 aromatic heterocycles. The van der Waals surface area contributed by atoms with E-state index in [9.17, 15) is 9.59 Å². The van der Waals surface area contributed by atoms with Gasteiger partial charge in [-0.25, -0.2) is 9.69 Å². The number of carbonyl (C=O) groups is 2. The van der Waals surface area contributed by atoms with Crippen LogP contribution in [-0.2, 0) is 4.79 Å². The maximum absolute atomic E-state index is 12.7. The summed E-state index contributed by atoms with van der Waals surface area (Å²) in [4.78, 5) is 28.6. The highest BCUT2D eigenvalue weighted by Crippen LogP contribution is 2.34. The van der Waals surface area contributed by atoms with Gasteiger partial charge < -0.3 is 5.32 Å². The Labute approximate surface area is 127 Å². The average molecular weight is 293 g/mol. The SMILES string of the molecule is CN(CN1C(=O)NC2(CCCCC2)C1=O)C1CCCCC1. The average Bonchev–Trinajstić information content (AvgIpc) is 2.73. The highest BCUT2D eigenvalue weighted by molar-refractivity contribution is 6.07. The molecule has 3 rings (SSSR count). The van der Waals surface area contributed by atoms with Crippen LogP contribution in [0.4, 0.5) is 4.79 Å². The summed E-state index contributed by atoms with van der Waals surface area (Å²) < 4.78 is 0. The topological polar surface area (TPSA) is 52.6 Å². The van der Waals surface area contributed by atoms with Crippen molar-refractivity contribution in [2.24, 2.45) is 0 Å². The number of rotatable bonds is 3.